The standard InChI is InChI=1S/C14H15BrN6O.C2H6/c15-11-9-19-21-13(18-8-10-2-1-3-16-7-10)6-12(17-4-5-22)20-14(11)21;1-2/h1-3,6-7,9,18,22H,4-5,8H2,(H,17,20);1-2H3. The van der Waals surface area contributed by atoms with E-state index in [1.807, 2.05) is 38.2 Å². The number of nitrogens with zero attached hydrogens (tertiary/aromatic N) is 4. The highest BCUT2D eigenvalue weighted by atomic mass is 79.9. The maximum absolute atomic E-state index is 8.94. The van der Waals surface area contributed by atoms with Crippen LogP contribution in [0, 0.1) is 0 Å². The maximum Gasteiger partial charge on any atom is 0.173 e. The van der Waals surface area contributed by atoms with Gasteiger partial charge in [-0.1, -0.05) is 19.9 Å². The summed E-state index contributed by atoms with van der Waals surface area (Å²) in [6.45, 7) is 5.12. The summed E-state index contributed by atoms with van der Waals surface area (Å²) in [6.07, 6.45) is 5.26. The van der Waals surface area contributed by atoms with Crippen molar-refractivity contribution in [1.29, 1.82) is 0 Å². The predicted octanol–water partition coefficient (Wildman–Crippen LogP) is 2.93. The Morgan fingerprint density at radius 3 is 2.79 bits per heavy atom. The molecule has 0 aromatic carbocycles. The molecule has 7 nitrogen and oxygen atoms in total. The molecule has 24 heavy (non-hydrogen) atoms. The molecule has 3 aromatic rings. The number of hydrogen-bond acceptors (Lipinski definition) is 6. The largest absolute Gasteiger partial charge is 0.395 e. The fourth-order valence-electron chi connectivity index (χ4n) is 2.03. The molecule has 0 aliphatic heterocycles. The number of rotatable bonds is 6. The molecular formula is C16H21BrN6O. The Morgan fingerprint density at radius 1 is 1.25 bits per heavy atom. The van der Waals surface area contributed by atoms with Crippen molar-refractivity contribution >= 4 is 33.2 Å². The third kappa shape index (κ3) is 4.42. The van der Waals surface area contributed by atoms with Crippen LogP contribution in [0.25, 0.3) is 5.65 Å². The van der Waals surface area contributed by atoms with Gasteiger partial charge < -0.3 is 15.7 Å². The maximum atomic E-state index is 8.94. The van der Waals surface area contributed by atoms with Crippen LogP contribution in [0.4, 0.5) is 11.6 Å². The van der Waals surface area contributed by atoms with Gasteiger partial charge >= 0.3 is 0 Å². The molecule has 0 fully saturated rings. The minimum Gasteiger partial charge on any atom is -0.395 e. The molecule has 0 radical (unpaired) electrons. The predicted molar refractivity (Wildman–Crippen MR) is 99.2 cm³/mol. The van der Waals surface area contributed by atoms with Gasteiger partial charge in [-0.15, -0.1) is 0 Å². The number of anilines is 2. The first-order valence-corrected chi connectivity index (χ1v) is 8.59. The van der Waals surface area contributed by atoms with E-state index in [-0.39, 0.29) is 6.61 Å². The number of aromatic nitrogens is 4. The van der Waals surface area contributed by atoms with Crippen LogP contribution in [0.2, 0.25) is 0 Å². The summed E-state index contributed by atoms with van der Waals surface area (Å²) < 4.78 is 2.54. The van der Waals surface area contributed by atoms with Crippen LogP contribution in [0.15, 0.2) is 41.3 Å². The Balaban J connectivity index is 0.00000100. The van der Waals surface area contributed by atoms with Gasteiger partial charge in [0.15, 0.2) is 5.65 Å². The van der Waals surface area contributed by atoms with Crippen molar-refractivity contribution in [3.8, 4) is 0 Å². The van der Waals surface area contributed by atoms with Gasteiger partial charge in [0.2, 0.25) is 0 Å². The van der Waals surface area contributed by atoms with E-state index in [2.05, 4.69) is 41.6 Å². The SMILES string of the molecule is CC.OCCNc1cc(NCc2cccnc2)n2ncc(Br)c2n1. The second kappa shape index (κ2) is 9.19. The first-order chi connectivity index (χ1) is 11.8. The van der Waals surface area contributed by atoms with Crippen LogP contribution in [0.5, 0.6) is 0 Å². The molecule has 0 unspecified atom stereocenters. The van der Waals surface area contributed by atoms with E-state index in [0.717, 1.165) is 15.9 Å². The summed E-state index contributed by atoms with van der Waals surface area (Å²) in [7, 11) is 0. The average molecular weight is 393 g/mol. The highest BCUT2D eigenvalue weighted by Crippen LogP contribution is 2.22. The van der Waals surface area contributed by atoms with Gasteiger partial charge in [0, 0.05) is 31.5 Å². The Bertz CT molecular complexity index is 762. The van der Waals surface area contributed by atoms with Crippen LogP contribution < -0.4 is 10.6 Å². The molecule has 3 N–H and O–H groups in total. The molecule has 0 saturated heterocycles. The molecule has 3 aromatic heterocycles. The molecule has 0 aliphatic rings. The lowest BCUT2D eigenvalue weighted by Crippen LogP contribution is -2.11. The zero-order valence-corrected chi connectivity index (χ0v) is 15.3. The normalized spacial score (nSPS) is 10.2. The highest BCUT2D eigenvalue weighted by Gasteiger charge is 2.10. The minimum absolute atomic E-state index is 0.0474. The van der Waals surface area contributed by atoms with Crippen LogP contribution in [-0.2, 0) is 6.54 Å². The number of halogens is 1. The third-order valence-corrected chi connectivity index (χ3v) is 3.60. The number of nitrogens with one attached hydrogen (secondary N) is 2. The molecule has 0 saturated carbocycles. The van der Waals surface area contributed by atoms with Crippen LogP contribution in [0.1, 0.15) is 19.4 Å². The number of aliphatic hydroxyl groups is 1. The van der Waals surface area contributed by atoms with Crippen molar-refractivity contribution in [3.63, 3.8) is 0 Å². The lowest BCUT2D eigenvalue weighted by Gasteiger charge is -2.11. The number of fused-ring (bicyclic) bond motifs is 1. The molecule has 0 atom stereocenters. The Labute approximate surface area is 149 Å². The van der Waals surface area contributed by atoms with Crippen molar-refractivity contribution in [2.75, 3.05) is 23.8 Å². The van der Waals surface area contributed by atoms with Gasteiger partial charge in [-0.25, -0.2) is 4.98 Å². The van der Waals surface area contributed by atoms with Crippen LogP contribution in [-0.4, -0.2) is 37.8 Å². The first-order valence-electron chi connectivity index (χ1n) is 7.79. The molecule has 8 heteroatoms. The molecule has 128 valence electrons. The highest BCUT2D eigenvalue weighted by molar-refractivity contribution is 9.10. The van der Waals surface area contributed by atoms with Crippen molar-refractivity contribution < 1.29 is 5.11 Å². The number of pyridine rings is 1. The summed E-state index contributed by atoms with van der Waals surface area (Å²) in [5.41, 5.74) is 1.78. The van der Waals surface area contributed by atoms with E-state index in [1.165, 1.54) is 0 Å². The first kappa shape index (κ1) is 18.2. The van der Waals surface area contributed by atoms with Gasteiger partial charge in [-0.2, -0.15) is 9.61 Å². The smallest absolute Gasteiger partial charge is 0.173 e. The Hall–Kier alpha value is -2.19. The fraction of sp³-hybridized carbons (Fsp3) is 0.312. The summed E-state index contributed by atoms with van der Waals surface area (Å²) in [6, 6.07) is 5.76. The topological polar surface area (TPSA) is 87.4 Å². The summed E-state index contributed by atoms with van der Waals surface area (Å²) in [4.78, 5) is 8.57. The Morgan fingerprint density at radius 2 is 2.08 bits per heavy atom. The average Bonchev–Trinajstić information content (AvgIpc) is 3.02. The second-order valence-corrected chi connectivity index (χ2v) is 5.47. The fourth-order valence-corrected chi connectivity index (χ4v) is 2.38. The summed E-state index contributed by atoms with van der Waals surface area (Å²) >= 11 is 3.44. The van der Waals surface area contributed by atoms with E-state index in [1.54, 1.807) is 16.9 Å². The number of hydrogen-bond donors (Lipinski definition) is 3. The van der Waals surface area contributed by atoms with E-state index >= 15 is 0 Å². The van der Waals surface area contributed by atoms with Gasteiger partial charge in [-0.05, 0) is 27.6 Å². The van der Waals surface area contributed by atoms with Gasteiger partial charge in [0.05, 0.1) is 17.3 Å². The van der Waals surface area contributed by atoms with Gasteiger partial charge in [0.25, 0.3) is 0 Å². The summed E-state index contributed by atoms with van der Waals surface area (Å²) in [5, 5.41) is 19.6. The van der Waals surface area contributed by atoms with Gasteiger partial charge in [-0.3, -0.25) is 4.98 Å². The van der Waals surface area contributed by atoms with Gasteiger partial charge in [0.1, 0.15) is 11.6 Å². The quantitative estimate of drug-likeness (QED) is 0.597. The lowest BCUT2D eigenvalue weighted by molar-refractivity contribution is 0.311. The van der Waals surface area contributed by atoms with E-state index in [9.17, 15) is 0 Å². The van der Waals surface area contributed by atoms with Crippen LogP contribution >= 0.6 is 15.9 Å². The summed E-state index contributed by atoms with van der Waals surface area (Å²) in [5.74, 6) is 1.48. The van der Waals surface area contributed by atoms with Crippen molar-refractivity contribution in [3.05, 3.63) is 46.8 Å². The molecular weight excluding hydrogens is 372 g/mol. The molecule has 3 rings (SSSR count). The van der Waals surface area contributed by atoms with Crippen molar-refractivity contribution in [1.82, 2.24) is 19.6 Å². The monoisotopic (exact) mass is 392 g/mol. The molecule has 0 bridgehead atoms. The van der Waals surface area contributed by atoms with Crippen LogP contribution in [0.3, 0.4) is 0 Å². The molecule has 3 heterocycles. The Kier molecular flexibility index (Phi) is 6.95. The van der Waals surface area contributed by atoms with Crippen molar-refractivity contribution in [2.24, 2.45) is 0 Å². The second-order valence-electron chi connectivity index (χ2n) is 4.62. The van der Waals surface area contributed by atoms with Crippen molar-refractivity contribution in [2.45, 2.75) is 20.4 Å². The van der Waals surface area contributed by atoms with E-state index in [0.29, 0.717) is 24.6 Å². The number of aliphatic hydroxyl groups excluding tert-OH is 1. The molecule has 0 aliphatic carbocycles. The minimum atomic E-state index is 0.0474. The third-order valence-electron chi connectivity index (χ3n) is 3.04. The molecule has 0 spiro atoms. The zero-order valence-electron chi connectivity index (χ0n) is 13.7. The lowest BCUT2D eigenvalue weighted by atomic mass is 10.3. The van der Waals surface area contributed by atoms with E-state index in [4.69, 9.17) is 5.11 Å². The van der Waals surface area contributed by atoms with E-state index < -0.39 is 0 Å². The molecule has 0 amide bonds. The zero-order chi connectivity index (χ0) is 17.4.